The summed E-state index contributed by atoms with van der Waals surface area (Å²) in [6.45, 7) is 0.676. The molecule has 0 atom stereocenters. The highest BCUT2D eigenvalue weighted by Crippen LogP contribution is 2.33. The Morgan fingerprint density at radius 2 is 1.96 bits per heavy atom. The maximum Gasteiger partial charge on any atom is 0.278 e. The Morgan fingerprint density at radius 3 is 2.78 bits per heavy atom. The van der Waals surface area contributed by atoms with Crippen LogP contribution in [0.1, 0.15) is 16.1 Å². The van der Waals surface area contributed by atoms with E-state index in [2.05, 4.69) is 27.3 Å². The Morgan fingerprint density at radius 1 is 1.07 bits per heavy atom. The van der Waals surface area contributed by atoms with E-state index >= 15 is 0 Å². The van der Waals surface area contributed by atoms with Gasteiger partial charge in [0.2, 0.25) is 0 Å². The molecule has 0 saturated heterocycles. The number of carbonyl (C=O) groups excluding carboxylic acids is 1. The minimum atomic E-state index is -0.0653. The van der Waals surface area contributed by atoms with E-state index in [0.29, 0.717) is 12.2 Å². The van der Waals surface area contributed by atoms with Crippen molar-refractivity contribution in [2.24, 2.45) is 0 Å². The largest absolute Gasteiger partial charge is 0.306 e. The number of thiophene rings is 1. The van der Waals surface area contributed by atoms with E-state index in [0.717, 1.165) is 33.8 Å². The molecule has 0 saturated carbocycles. The van der Waals surface area contributed by atoms with Gasteiger partial charge in [-0.3, -0.25) is 14.9 Å². The molecule has 1 amide bonds. The Hall–Kier alpha value is -3.25. The molecule has 5 nitrogen and oxygen atoms in total. The van der Waals surface area contributed by atoms with E-state index < -0.39 is 0 Å². The van der Waals surface area contributed by atoms with Crippen LogP contribution in [0.15, 0.2) is 66.3 Å². The average molecular weight is 372 g/mol. The molecule has 1 aliphatic heterocycles. The molecule has 4 aromatic rings. The highest BCUT2D eigenvalue weighted by molar-refractivity contribution is 7.13. The van der Waals surface area contributed by atoms with Gasteiger partial charge in [0, 0.05) is 24.6 Å². The molecule has 0 aliphatic carbocycles. The molecule has 1 N–H and O–H groups in total. The summed E-state index contributed by atoms with van der Waals surface area (Å²) < 4.78 is 0. The standard InChI is InChI=1S/C21H16N4OS/c26-21(18-13-17(23-24-18)20-2-1-11-27-20)25-10-7-16-12-15(3-4-19(16)25)14-5-8-22-9-6-14/h1-6,8-9,11-13H,7,10H2,(H,23,24). The van der Waals surface area contributed by atoms with Gasteiger partial charge in [0.15, 0.2) is 5.69 Å². The van der Waals surface area contributed by atoms with E-state index in [1.54, 1.807) is 23.7 Å². The lowest BCUT2D eigenvalue weighted by Gasteiger charge is -2.16. The number of aromatic amines is 1. The monoisotopic (exact) mass is 372 g/mol. The van der Waals surface area contributed by atoms with Crippen molar-refractivity contribution in [3.05, 3.63) is 77.6 Å². The van der Waals surface area contributed by atoms with Crippen molar-refractivity contribution in [2.45, 2.75) is 6.42 Å². The number of hydrogen-bond acceptors (Lipinski definition) is 4. The number of amides is 1. The van der Waals surface area contributed by atoms with Crippen LogP contribution in [-0.2, 0) is 6.42 Å². The normalized spacial score (nSPS) is 13.0. The van der Waals surface area contributed by atoms with E-state index in [1.165, 1.54) is 5.56 Å². The number of fused-ring (bicyclic) bond motifs is 1. The maximum absolute atomic E-state index is 13.0. The molecule has 0 fully saturated rings. The zero-order valence-corrected chi connectivity index (χ0v) is 15.2. The van der Waals surface area contributed by atoms with Crippen molar-refractivity contribution >= 4 is 22.9 Å². The fourth-order valence-electron chi connectivity index (χ4n) is 3.46. The molecule has 0 unspecified atom stereocenters. The first kappa shape index (κ1) is 16.0. The summed E-state index contributed by atoms with van der Waals surface area (Å²) in [6, 6.07) is 16.1. The Labute approximate surface area is 160 Å². The Balaban J connectivity index is 1.43. The summed E-state index contributed by atoms with van der Waals surface area (Å²) in [5.74, 6) is -0.0653. The number of benzene rings is 1. The van der Waals surface area contributed by atoms with Crippen LogP contribution in [0.3, 0.4) is 0 Å². The molecular formula is C21H16N4OS. The van der Waals surface area contributed by atoms with Crippen LogP contribution in [0.5, 0.6) is 0 Å². The second-order valence-electron chi connectivity index (χ2n) is 6.43. The second-order valence-corrected chi connectivity index (χ2v) is 7.38. The molecule has 4 heterocycles. The van der Waals surface area contributed by atoms with Gasteiger partial charge in [0.05, 0.1) is 10.6 Å². The topological polar surface area (TPSA) is 61.9 Å². The van der Waals surface area contributed by atoms with Crippen LogP contribution in [0.25, 0.3) is 21.7 Å². The fourth-order valence-corrected chi connectivity index (χ4v) is 4.16. The van der Waals surface area contributed by atoms with Crippen LogP contribution in [0.2, 0.25) is 0 Å². The van der Waals surface area contributed by atoms with Gasteiger partial charge >= 0.3 is 0 Å². The van der Waals surface area contributed by atoms with E-state index in [4.69, 9.17) is 0 Å². The summed E-state index contributed by atoms with van der Waals surface area (Å²) in [5.41, 5.74) is 5.76. The predicted octanol–water partition coefficient (Wildman–Crippen LogP) is 4.40. The third kappa shape index (κ3) is 2.84. The van der Waals surface area contributed by atoms with Crippen molar-refractivity contribution in [2.75, 3.05) is 11.4 Å². The number of rotatable bonds is 3. The molecule has 6 heteroatoms. The SMILES string of the molecule is O=C(c1cc(-c2cccs2)[nH]n1)N1CCc2cc(-c3ccncc3)ccc21. The summed E-state index contributed by atoms with van der Waals surface area (Å²) in [5, 5.41) is 9.22. The molecule has 1 aromatic carbocycles. The third-order valence-corrected chi connectivity index (χ3v) is 5.72. The molecule has 1 aliphatic rings. The molecule has 3 aromatic heterocycles. The van der Waals surface area contributed by atoms with E-state index in [-0.39, 0.29) is 5.91 Å². The lowest BCUT2D eigenvalue weighted by molar-refractivity contribution is 0.0984. The minimum Gasteiger partial charge on any atom is -0.306 e. The molecule has 0 bridgehead atoms. The van der Waals surface area contributed by atoms with Gasteiger partial charge < -0.3 is 4.90 Å². The maximum atomic E-state index is 13.0. The van der Waals surface area contributed by atoms with Gasteiger partial charge in [0.25, 0.3) is 5.91 Å². The molecular weight excluding hydrogens is 356 g/mol. The fraction of sp³-hybridized carbons (Fsp3) is 0.0952. The Bertz CT molecular complexity index is 1100. The summed E-state index contributed by atoms with van der Waals surface area (Å²) in [4.78, 5) is 20.0. The first-order chi connectivity index (χ1) is 13.3. The third-order valence-electron chi connectivity index (χ3n) is 4.82. The van der Waals surface area contributed by atoms with Crippen molar-refractivity contribution in [1.82, 2.24) is 15.2 Å². The van der Waals surface area contributed by atoms with Crippen molar-refractivity contribution in [3.8, 4) is 21.7 Å². The number of pyridine rings is 1. The number of anilines is 1. The minimum absolute atomic E-state index is 0.0653. The zero-order chi connectivity index (χ0) is 18.2. The van der Waals surface area contributed by atoms with Crippen LogP contribution < -0.4 is 4.90 Å². The molecule has 0 spiro atoms. The van der Waals surface area contributed by atoms with Crippen molar-refractivity contribution in [3.63, 3.8) is 0 Å². The highest BCUT2D eigenvalue weighted by atomic mass is 32.1. The van der Waals surface area contributed by atoms with Crippen LogP contribution in [-0.4, -0.2) is 27.6 Å². The van der Waals surface area contributed by atoms with Gasteiger partial charge in [0.1, 0.15) is 0 Å². The van der Waals surface area contributed by atoms with Gasteiger partial charge in [-0.05, 0) is 64.9 Å². The first-order valence-corrected chi connectivity index (χ1v) is 9.62. The van der Waals surface area contributed by atoms with Crippen LogP contribution >= 0.6 is 11.3 Å². The van der Waals surface area contributed by atoms with E-state index in [9.17, 15) is 4.79 Å². The number of nitrogens with zero attached hydrogens (tertiary/aromatic N) is 3. The van der Waals surface area contributed by atoms with Gasteiger partial charge in [-0.1, -0.05) is 12.1 Å². The quantitative estimate of drug-likeness (QED) is 0.580. The smallest absolute Gasteiger partial charge is 0.278 e. The molecule has 132 valence electrons. The Kier molecular flexibility index (Phi) is 3.83. The zero-order valence-electron chi connectivity index (χ0n) is 14.4. The van der Waals surface area contributed by atoms with Gasteiger partial charge in [-0.15, -0.1) is 11.3 Å². The molecule has 0 radical (unpaired) electrons. The van der Waals surface area contributed by atoms with Gasteiger partial charge in [-0.2, -0.15) is 5.10 Å². The first-order valence-electron chi connectivity index (χ1n) is 8.74. The number of H-pyrrole nitrogens is 1. The number of carbonyl (C=O) groups is 1. The van der Waals surface area contributed by atoms with Gasteiger partial charge in [-0.25, -0.2) is 0 Å². The number of aromatic nitrogens is 3. The predicted molar refractivity (Wildman–Crippen MR) is 107 cm³/mol. The number of hydrogen-bond donors (Lipinski definition) is 1. The lowest BCUT2D eigenvalue weighted by Crippen LogP contribution is -2.29. The molecule has 27 heavy (non-hydrogen) atoms. The summed E-state index contributed by atoms with van der Waals surface area (Å²) >= 11 is 1.62. The van der Waals surface area contributed by atoms with Crippen LogP contribution in [0, 0.1) is 0 Å². The van der Waals surface area contributed by atoms with Crippen molar-refractivity contribution < 1.29 is 4.79 Å². The lowest BCUT2D eigenvalue weighted by atomic mass is 10.0. The molecule has 5 rings (SSSR count). The number of nitrogens with one attached hydrogen (secondary N) is 1. The second kappa shape index (κ2) is 6.48. The summed E-state index contributed by atoms with van der Waals surface area (Å²) in [6.07, 6.45) is 4.44. The van der Waals surface area contributed by atoms with Crippen molar-refractivity contribution in [1.29, 1.82) is 0 Å². The van der Waals surface area contributed by atoms with Crippen LogP contribution in [0.4, 0.5) is 5.69 Å². The summed E-state index contributed by atoms with van der Waals surface area (Å²) in [7, 11) is 0. The highest BCUT2D eigenvalue weighted by Gasteiger charge is 2.27. The van der Waals surface area contributed by atoms with E-state index in [1.807, 2.05) is 46.7 Å². The average Bonchev–Trinajstić information content (AvgIpc) is 3.47.